The van der Waals surface area contributed by atoms with Crippen molar-refractivity contribution < 1.29 is 14.3 Å². The normalized spacial score (nSPS) is 12.1. The van der Waals surface area contributed by atoms with Gasteiger partial charge < -0.3 is 20.8 Å². The molecule has 0 spiro atoms. The van der Waals surface area contributed by atoms with Crippen LogP contribution in [0.5, 0.6) is 0 Å². The minimum atomic E-state index is -1.13. The zero-order chi connectivity index (χ0) is 30.2. The highest BCUT2D eigenvalue weighted by Gasteiger charge is 2.25. The first-order chi connectivity index (χ1) is 19.8. The van der Waals surface area contributed by atoms with Gasteiger partial charge in [0.1, 0.15) is 5.82 Å². The Morgan fingerprint density at radius 3 is 2.40 bits per heavy atom. The number of nitrogens with two attached hydrogens (primary N) is 1. The minimum absolute atomic E-state index is 0.0227. The largest absolute Gasteiger partial charge is 0.386 e. The van der Waals surface area contributed by atoms with Gasteiger partial charge in [-0.2, -0.15) is 0 Å². The second kappa shape index (κ2) is 9.55. The lowest BCUT2D eigenvalue weighted by Gasteiger charge is -2.17. The van der Waals surface area contributed by atoms with Gasteiger partial charge in [0.25, 0.3) is 11.5 Å². The number of aliphatic hydroxyl groups is 1. The lowest BCUT2D eigenvalue weighted by atomic mass is 9.94. The summed E-state index contributed by atoms with van der Waals surface area (Å²) in [7, 11) is 0. The highest BCUT2D eigenvalue weighted by molar-refractivity contribution is 6.40. The van der Waals surface area contributed by atoms with Crippen LogP contribution in [-0.4, -0.2) is 25.5 Å². The molecule has 2 heterocycles. The highest BCUT2D eigenvalue weighted by Crippen LogP contribution is 2.45. The van der Waals surface area contributed by atoms with E-state index in [2.05, 4.69) is 9.97 Å². The number of H-pyrrole nitrogens is 2. The second-order valence-electron chi connectivity index (χ2n) is 10.7. The number of nitrogens with one attached hydrogen (secondary N) is 2. The van der Waals surface area contributed by atoms with Crippen LogP contribution >= 0.6 is 23.2 Å². The van der Waals surface area contributed by atoms with Crippen molar-refractivity contribution in [2.24, 2.45) is 5.73 Å². The molecule has 0 aliphatic heterocycles. The molecule has 6 rings (SSSR count). The van der Waals surface area contributed by atoms with Crippen molar-refractivity contribution >= 4 is 61.8 Å². The van der Waals surface area contributed by atoms with Crippen molar-refractivity contribution in [3.63, 3.8) is 0 Å². The number of halogens is 3. The van der Waals surface area contributed by atoms with Crippen LogP contribution in [0.2, 0.25) is 10.0 Å². The molecule has 0 radical (unpaired) electrons. The number of aromatic nitrogens is 3. The molecule has 0 bridgehead atoms. The molecular formula is C31H23Cl2FN4O4. The minimum Gasteiger partial charge on any atom is -0.386 e. The number of amides is 1. The van der Waals surface area contributed by atoms with Crippen molar-refractivity contribution in [2.75, 3.05) is 0 Å². The Morgan fingerprint density at radius 1 is 1.00 bits per heavy atom. The molecule has 11 heteroatoms. The van der Waals surface area contributed by atoms with E-state index in [1.54, 1.807) is 44.2 Å². The molecule has 0 atom stereocenters. The molecular weight excluding hydrogens is 582 g/mol. The average Bonchev–Trinajstić information content (AvgIpc) is 3.30. The molecule has 1 amide bonds. The Bertz CT molecular complexity index is 2260. The number of nitrogens with zero attached hydrogens (tertiary/aromatic N) is 1. The molecule has 0 aliphatic carbocycles. The van der Waals surface area contributed by atoms with E-state index >= 15 is 0 Å². The Morgan fingerprint density at radius 2 is 1.71 bits per heavy atom. The summed E-state index contributed by atoms with van der Waals surface area (Å²) in [5.41, 5.74) is 5.68. The van der Waals surface area contributed by atoms with E-state index in [1.165, 1.54) is 31.2 Å². The maximum atomic E-state index is 14.7. The molecule has 0 saturated heterocycles. The maximum Gasteiger partial charge on any atom is 0.333 e. The number of rotatable bonds is 4. The Labute approximate surface area is 247 Å². The first-order valence-electron chi connectivity index (χ1n) is 12.8. The van der Waals surface area contributed by atoms with Gasteiger partial charge >= 0.3 is 5.69 Å². The zero-order valence-electron chi connectivity index (χ0n) is 22.5. The van der Waals surface area contributed by atoms with E-state index in [0.717, 1.165) is 4.57 Å². The van der Waals surface area contributed by atoms with Gasteiger partial charge in [-0.1, -0.05) is 53.5 Å². The first kappa shape index (κ1) is 27.7. The Balaban J connectivity index is 1.68. The van der Waals surface area contributed by atoms with Gasteiger partial charge in [-0.25, -0.2) is 13.8 Å². The van der Waals surface area contributed by atoms with Crippen LogP contribution in [0.15, 0.2) is 64.2 Å². The van der Waals surface area contributed by atoms with Gasteiger partial charge in [-0.3, -0.25) is 9.59 Å². The molecule has 2 aromatic heterocycles. The first-order valence-corrected chi connectivity index (χ1v) is 13.6. The summed E-state index contributed by atoms with van der Waals surface area (Å²) >= 11 is 13.7. The topological polar surface area (TPSA) is 134 Å². The quantitative estimate of drug-likeness (QED) is 0.194. The molecule has 0 unspecified atom stereocenters. The molecule has 0 aliphatic rings. The summed E-state index contributed by atoms with van der Waals surface area (Å²) in [6.07, 6.45) is 0. The Kier molecular flexibility index (Phi) is 6.31. The lowest BCUT2D eigenvalue weighted by molar-refractivity contribution is 0.0787. The maximum absolute atomic E-state index is 14.7. The van der Waals surface area contributed by atoms with Gasteiger partial charge in [0.2, 0.25) is 0 Å². The molecule has 0 saturated carbocycles. The third-order valence-corrected chi connectivity index (χ3v) is 8.19. The monoisotopic (exact) mass is 604 g/mol. The van der Waals surface area contributed by atoms with Crippen molar-refractivity contribution in [1.82, 2.24) is 14.5 Å². The second-order valence-corrected chi connectivity index (χ2v) is 11.5. The third-order valence-electron chi connectivity index (χ3n) is 7.49. The highest BCUT2D eigenvalue weighted by atomic mass is 35.5. The van der Waals surface area contributed by atoms with Crippen molar-refractivity contribution in [3.05, 3.63) is 108 Å². The standard InChI is InChI=1S/C31H23Cl2FN4O4/c1-13-7-9-17-27(25(13)34)37-30(41)38(29(17)40)21-6-4-5-16(24(21)33)22-19(32)12-18(28(35)39)26-23(22)15-10-8-14(31(2,3)42)11-20(15)36-26/h4-12,36,42H,1-3H3,(H2,35,39)(H,37,41). The molecule has 212 valence electrons. The van der Waals surface area contributed by atoms with Crippen LogP contribution in [0, 0.1) is 12.7 Å². The number of benzene rings is 4. The van der Waals surface area contributed by atoms with Crippen LogP contribution in [0.25, 0.3) is 49.5 Å². The molecule has 5 N–H and O–H groups in total. The van der Waals surface area contributed by atoms with Crippen LogP contribution in [0.1, 0.15) is 35.3 Å². The lowest BCUT2D eigenvalue weighted by Crippen LogP contribution is -2.34. The van der Waals surface area contributed by atoms with Gasteiger partial charge in [-0.15, -0.1) is 0 Å². The number of carbonyl (C=O) groups excluding carboxylic acids is 1. The molecule has 6 aromatic rings. The smallest absolute Gasteiger partial charge is 0.333 e. The number of aromatic amines is 2. The summed E-state index contributed by atoms with van der Waals surface area (Å²) < 4.78 is 15.6. The SMILES string of the molecule is Cc1ccc2c(=O)n(-c3cccc(-c4c(Cl)cc(C(N)=O)c5[nH]c6cc(C(C)(C)O)ccc6c45)c3Cl)c(=O)[nH]c2c1F. The molecule has 4 aromatic carbocycles. The van der Waals surface area contributed by atoms with E-state index in [4.69, 9.17) is 28.9 Å². The van der Waals surface area contributed by atoms with Gasteiger partial charge in [0.05, 0.1) is 43.3 Å². The fraction of sp³-hybridized carbons (Fsp3) is 0.129. The van der Waals surface area contributed by atoms with Gasteiger partial charge in [-0.05, 0) is 56.2 Å². The number of fused-ring (bicyclic) bond motifs is 4. The number of hydrogen-bond acceptors (Lipinski definition) is 4. The average molecular weight is 605 g/mol. The van der Waals surface area contributed by atoms with Crippen LogP contribution in [-0.2, 0) is 5.60 Å². The fourth-order valence-corrected chi connectivity index (χ4v) is 5.96. The predicted octanol–water partition coefficient (Wildman–Crippen LogP) is 6.06. The van der Waals surface area contributed by atoms with Crippen LogP contribution in [0.3, 0.4) is 0 Å². The third kappa shape index (κ3) is 4.12. The van der Waals surface area contributed by atoms with Gasteiger partial charge in [0.15, 0.2) is 0 Å². The van der Waals surface area contributed by atoms with Crippen molar-refractivity contribution in [2.45, 2.75) is 26.4 Å². The summed E-state index contributed by atoms with van der Waals surface area (Å²) in [5.74, 6) is -1.40. The summed E-state index contributed by atoms with van der Waals surface area (Å²) in [4.78, 5) is 44.7. The fourth-order valence-electron chi connectivity index (χ4n) is 5.35. The number of carbonyl (C=O) groups is 1. The van der Waals surface area contributed by atoms with E-state index in [-0.39, 0.29) is 37.8 Å². The van der Waals surface area contributed by atoms with E-state index in [0.29, 0.717) is 38.5 Å². The van der Waals surface area contributed by atoms with E-state index in [1.807, 2.05) is 0 Å². The summed E-state index contributed by atoms with van der Waals surface area (Å²) in [6.45, 7) is 4.85. The Hall–Kier alpha value is -4.44. The van der Waals surface area contributed by atoms with Crippen LogP contribution < -0.4 is 17.0 Å². The van der Waals surface area contributed by atoms with Gasteiger partial charge in [0, 0.05) is 27.4 Å². The number of hydrogen-bond donors (Lipinski definition) is 4. The van der Waals surface area contributed by atoms with Crippen molar-refractivity contribution in [3.8, 4) is 16.8 Å². The molecule has 0 fully saturated rings. The van der Waals surface area contributed by atoms with Crippen LogP contribution in [0.4, 0.5) is 4.39 Å². The molecule has 42 heavy (non-hydrogen) atoms. The zero-order valence-corrected chi connectivity index (χ0v) is 24.0. The van der Waals surface area contributed by atoms with E-state index in [9.17, 15) is 23.9 Å². The number of aryl methyl sites for hydroxylation is 1. The van der Waals surface area contributed by atoms with E-state index < -0.39 is 28.6 Å². The van der Waals surface area contributed by atoms with Crippen molar-refractivity contribution in [1.29, 1.82) is 0 Å². The predicted molar refractivity (Wildman–Crippen MR) is 163 cm³/mol. The summed E-state index contributed by atoms with van der Waals surface area (Å²) in [6, 6.07) is 14.4. The number of primary amides is 1. The summed E-state index contributed by atoms with van der Waals surface area (Å²) in [5, 5.41) is 11.9. The molecule has 8 nitrogen and oxygen atoms in total.